The second kappa shape index (κ2) is 10.5. The number of aromatic carboxylic acids is 1. The van der Waals surface area contributed by atoms with Crippen molar-refractivity contribution >= 4 is 33.5 Å². The minimum absolute atomic E-state index is 0.278. The molecule has 0 unspecified atom stereocenters. The molecule has 0 bridgehead atoms. The van der Waals surface area contributed by atoms with Gasteiger partial charge in [-0.05, 0) is 69.0 Å². The summed E-state index contributed by atoms with van der Waals surface area (Å²) in [7, 11) is 1.61. The highest BCUT2D eigenvalue weighted by molar-refractivity contribution is 9.10. The van der Waals surface area contributed by atoms with Crippen molar-refractivity contribution in [1.82, 2.24) is 5.32 Å². The van der Waals surface area contributed by atoms with Crippen LogP contribution in [0.2, 0.25) is 5.02 Å². The predicted octanol–water partition coefficient (Wildman–Crippen LogP) is 5.68. The van der Waals surface area contributed by atoms with E-state index in [-0.39, 0.29) is 5.56 Å². The second-order valence-electron chi connectivity index (χ2n) is 6.63. The highest BCUT2D eigenvalue weighted by Crippen LogP contribution is 2.37. The molecule has 0 atom stereocenters. The van der Waals surface area contributed by atoms with Gasteiger partial charge in [0.05, 0.1) is 17.1 Å². The van der Waals surface area contributed by atoms with Crippen LogP contribution in [0.1, 0.15) is 27.0 Å². The van der Waals surface area contributed by atoms with E-state index in [1.165, 1.54) is 0 Å². The minimum atomic E-state index is -0.927. The fourth-order valence-corrected chi connectivity index (χ4v) is 3.73. The fourth-order valence-electron chi connectivity index (χ4n) is 2.91. The Bertz CT molecular complexity index is 1020. The van der Waals surface area contributed by atoms with E-state index in [9.17, 15) is 4.79 Å². The highest BCUT2D eigenvalue weighted by atomic mass is 79.9. The van der Waals surface area contributed by atoms with Crippen LogP contribution in [0.4, 0.5) is 0 Å². The highest BCUT2D eigenvalue weighted by Gasteiger charge is 2.12. The number of halogens is 2. The van der Waals surface area contributed by atoms with Gasteiger partial charge < -0.3 is 19.9 Å². The van der Waals surface area contributed by atoms with Crippen LogP contribution in [0, 0.1) is 0 Å². The predicted molar refractivity (Wildman–Crippen MR) is 120 cm³/mol. The smallest absolute Gasteiger partial charge is 0.335 e. The quantitative estimate of drug-likeness (QED) is 0.404. The van der Waals surface area contributed by atoms with Crippen molar-refractivity contribution < 1.29 is 19.4 Å². The molecule has 5 nitrogen and oxygen atoms in total. The summed E-state index contributed by atoms with van der Waals surface area (Å²) in [5, 5.41) is 13.0. The molecule has 3 rings (SSSR count). The number of hydrogen-bond donors (Lipinski definition) is 2. The lowest BCUT2D eigenvalue weighted by molar-refractivity contribution is 0.0697. The van der Waals surface area contributed by atoms with Crippen LogP contribution in [-0.2, 0) is 19.7 Å². The van der Waals surface area contributed by atoms with Gasteiger partial charge in [-0.15, -0.1) is 0 Å². The topological polar surface area (TPSA) is 67.8 Å². The van der Waals surface area contributed by atoms with Gasteiger partial charge in [0.1, 0.15) is 6.61 Å². The lowest BCUT2D eigenvalue weighted by Crippen LogP contribution is -2.13. The largest absolute Gasteiger partial charge is 0.493 e. The Kier molecular flexibility index (Phi) is 7.74. The molecule has 7 heteroatoms. The Hall–Kier alpha value is -2.54. The Morgan fingerprint density at radius 3 is 2.43 bits per heavy atom. The molecule has 156 valence electrons. The van der Waals surface area contributed by atoms with E-state index < -0.39 is 5.97 Å². The fraction of sp³-hybridized carbons (Fsp3) is 0.174. The van der Waals surface area contributed by atoms with E-state index in [1.54, 1.807) is 31.4 Å². The van der Waals surface area contributed by atoms with E-state index in [0.29, 0.717) is 36.2 Å². The van der Waals surface area contributed by atoms with Crippen LogP contribution in [-0.4, -0.2) is 18.2 Å². The van der Waals surface area contributed by atoms with Crippen molar-refractivity contribution in [3.63, 3.8) is 0 Å². The van der Waals surface area contributed by atoms with E-state index >= 15 is 0 Å². The summed E-state index contributed by atoms with van der Waals surface area (Å²) in [6.45, 7) is 1.61. The van der Waals surface area contributed by atoms with Crippen LogP contribution in [0.15, 0.2) is 65.1 Å². The maximum atomic E-state index is 10.9. The van der Waals surface area contributed by atoms with Crippen molar-refractivity contribution in [2.75, 3.05) is 7.11 Å². The average Bonchev–Trinajstić information content (AvgIpc) is 2.73. The van der Waals surface area contributed by atoms with Crippen LogP contribution >= 0.6 is 27.5 Å². The summed E-state index contributed by atoms with van der Waals surface area (Å²) in [5.74, 6) is 0.337. The Morgan fingerprint density at radius 1 is 1.03 bits per heavy atom. The number of carboxylic acid groups (broad SMARTS) is 1. The van der Waals surface area contributed by atoms with Crippen LogP contribution in [0.5, 0.6) is 11.5 Å². The average molecular weight is 491 g/mol. The molecule has 0 amide bonds. The molecule has 3 aromatic carbocycles. The first-order chi connectivity index (χ1) is 14.5. The van der Waals surface area contributed by atoms with Crippen LogP contribution < -0.4 is 14.8 Å². The monoisotopic (exact) mass is 489 g/mol. The summed E-state index contributed by atoms with van der Waals surface area (Å²) >= 11 is 9.60. The Balaban J connectivity index is 1.62. The van der Waals surface area contributed by atoms with Gasteiger partial charge in [-0.3, -0.25) is 0 Å². The van der Waals surface area contributed by atoms with Gasteiger partial charge >= 0.3 is 5.97 Å². The van der Waals surface area contributed by atoms with Crippen molar-refractivity contribution in [3.8, 4) is 11.5 Å². The number of carbonyl (C=O) groups is 1. The van der Waals surface area contributed by atoms with E-state index in [2.05, 4.69) is 21.2 Å². The first-order valence-corrected chi connectivity index (χ1v) is 10.4. The van der Waals surface area contributed by atoms with Gasteiger partial charge in [-0.25, -0.2) is 4.79 Å². The number of ether oxygens (including phenoxy) is 2. The first-order valence-electron chi connectivity index (χ1n) is 9.23. The Morgan fingerprint density at radius 2 is 1.77 bits per heavy atom. The van der Waals surface area contributed by atoms with Crippen LogP contribution in [0.3, 0.4) is 0 Å². The van der Waals surface area contributed by atoms with Crippen molar-refractivity contribution in [2.45, 2.75) is 19.7 Å². The first kappa shape index (κ1) is 22.2. The molecular weight excluding hydrogens is 470 g/mol. The van der Waals surface area contributed by atoms with Gasteiger partial charge in [-0.2, -0.15) is 0 Å². The zero-order valence-electron chi connectivity index (χ0n) is 16.3. The SMILES string of the molecule is COc1cc(CNCc2ccc(C(=O)O)cc2)cc(Br)c1OCc1cccc(Cl)c1. The normalized spacial score (nSPS) is 10.6. The molecule has 0 aliphatic carbocycles. The molecule has 0 spiro atoms. The van der Waals surface area contributed by atoms with E-state index in [0.717, 1.165) is 21.2 Å². The van der Waals surface area contributed by atoms with Gasteiger partial charge in [-0.1, -0.05) is 35.9 Å². The number of rotatable bonds is 9. The number of nitrogens with one attached hydrogen (secondary N) is 1. The number of methoxy groups -OCH3 is 1. The summed E-state index contributed by atoms with van der Waals surface area (Å²) in [4.78, 5) is 10.9. The molecule has 0 aliphatic rings. The maximum Gasteiger partial charge on any atom is 0.335 e. The Labute approximate surface area is 188 Å². The molecule has 0 saturated heterocycles. The van der Waals surface area contributed by atoms with Crippen molar-refractivity contribution in [1.29, 1.82) is 0 Å². The maximum absolute atomic E-state index is 10.9. The van der Waals surface area contributed by atoms with Gasteiger partial charge in [0.2, 0.25) is 0 Å². The lowest BCUT2D eigenvalue weighted by atomic mass is 10.1. The lowest BCUT2D eigenvalue weighted by Gasteiger charge is -2.15. The molecule has 0 aliphatic heterocycles. The molecular formula is C23H21BrClNO4. The summed E-state index contributed by atoms with van der Waals surface area (Å²) < 4.78 is 12.3. The molecule has 0 aromatic heterocycles. The zero-order valence-corrected chi connectivity index (χ0v) is 18.7. The van der Waals surface area contributed by atoms with Gasteiger partial charge in [0.25, 0.3) is 0 Å². The molecule has 2 N–H and O–H groups in total. The third-order valence-corrected chi connectivity index (χ3v) is 5.24. The van der Waals surface area contributed by atoms with E-state index in [4.69, 9.17) is 26.2 Å². The molecule has 0 fully saturated rings. The minimum Gasteiger partial charge on any atom is -0.493 e. The molecule has 0 radical (unpaired) electrons. The molecule has 3 aromatic rings. The second-order valence-corrected chi connectivity index (χ2v) is 7.92. The molecule has 0 heterocycles. The molecule has 30 heavy (non-hydrogen) atoms. The van der Waals surface area contributed by atoms with Crippen molar-refractivity contribution in [2.24, 2.45) is 0 Å². The zero-order chi connectivity index (χ0) is 21.5. The summed E-state index contributed by atoms with van der Waals surface area (Å²) in [6.07, 6.45) is 0. The third kappa shape index (κ3) is 5.98. The van der Waals surface area contributed by atoms with Gasteiger partial charge in [0, 0.05) is 18.1 Å². The number of hydrogen-bond acceptors (Lipinski definition) is 4. The van der Waals surface area contributed by atoms with Crippen molar-refractivity contribution in [3.05, 3.63) is 92.4 Å². The summed E-state index contributed by atoms with van der Waals surface area (Å²) in [5.41, 5.74) is 3.28. The van der Waals surface area contributed by atoms with Gasteiger partial charge in [0.15, 0.2) is 11.5 Å². The number of carboxylic acids is 1. The molecule has 0 saturated carbocycles. The van der Waals surface area contributed by atoms with Crippen LogP contribution in [0.25, 0.3) is 0 Å². The standard InChI is InChI=1S/C23H21BrClNO4/c1-29-21-11-17(13-26-12-15-5-7-18(8-6-15)23(27)28)10-20(24)22(21)30-14-16-3-2-4-19(25)9-16/h2-11,26H,12-14H2,1H3,(H,27,28). The third-order valence-electron chi connectivity index (χ3n) is 4.42. The number of benzene rings is 3. The van der Waals surface area contributed by atoms with E-state index in [1.807, 2.05) is 36.4 Å². The summed E-state index contributed by atoms with van der Waals surface area (Å²) in [6, 6.07) is 18.3.